The molecule has 1 N–H and O–H groups in total. The molecule has 2 heterocycles. The van der Waals surface area contributed by atoms with Crippen LogP contribution in [0.15, 0.2) is 47.8 Å². The van der Waals surface area contributed by atoms with Gasteiger partial charge in [-0.2, -0.15) is 4.31 Å². The number of anilines is 2. The summed E-state index contributed by atoms with van der Waals surface area (Å²) in [4.78, 5) is 21.6. The van der Waals surface area contributed by atoms with Crippen LogP contribution in [0.1, 0.15) is 19.8 Å². The Hall–Kier alpha value is -2.52. The van der Waals surface area contributed by atoms with Gasteiger partial charge in [-0.1, -0.05) is 0 Å². The first-order chi connectivity index (χ1) is 12.9. The summed E-state index contributed by atoms with van der Waals surface area (Å²) in [7, 11) is -1.57. The van der Waals surface area contributed by atoms with Gasteiger partial charge in [0.1, 0.15) is 12.1 Å². The van der Waals surface area contributed by atoms with E-state index in [2.05, 4.69) is 20.2 Å². The molecular weight excluding hydrogens is 366 g/mol. The first kappa shape index (κ1) is 19.2. The summed E-state index contributed by atoms with van der Waals surface area (Å²) >= 11 is 0. The van der Waals surface area contributed by atoms with E-state index in [4.69, 9.17) is 0 Å². The molecule has 0 radical (unpaired) electrons. The van der Waals surface area contributed by atoms with Crippen LogP contribution in [-0.2, 0) is 14.8 Å². The van der Waals surface area contributed by atoms with Crippen molar-refractivity contribution in [1.82, 2.24) is 14.3 Å². The highest BCUT2D eigenvalue weighted by Gasteiger charge is 2.31. The van der Waals surface area contributed by atoms with E-state index in [1.54, 1.807) is 18.3 Å². The minimum Gasteiger partial charge on any atom is -0.356 e. The molecule has 1 saturated heterocycles. The van der Waals surface area contributed by atoms with E-state index in [9.17, 15) is 13.2 Å². The zero-order chi connectivity index (χ0) is 19.4. The molecule has 1 aliphatic rings. The first-order valence-electron chi connectivity index (χ1n) is 8.74. The molecule has 2 aromatic rings. The Morgan fingerprint density at radius 3 is 2.41 bits per heavy atom. The number of benzene rings is 1. The van der Waals surface area contributed by atoms with Crippen LogP contribution in [0, 0.1) is 0 Å². The molecule has 9 heteroatoms. The van der Waals surface area contributed by atoms with Crippen LogP contribution in [0.3, 0.4) is 0 Å². The summed E-state index contributed by atoms with van der Waals surface area (Å²) in [5.74, 6) is 0.639. The Bertz CT molecular complexity index is 879. The van der Waals surface area contributed by atoms with E-state index in [0.29, 0.717) is 18.8 Å². The summed E-state index contributed by atoms with van der Waals surface area (Å²) in [5.41, 5.74) is 0.576. The number of carbonyl (C=O) groups is 1. The monoisotopic (exact) mass is 389 g/mol. The van der Waals surface area contributed by atoms with Crippen molar-refractivity contribution in [3.8, 4) is 0 Å². The maximum Gasteiger partial charge on any atom is 0.243 e. The first-order valence-corrected chi connectivity index (χ1v) is 10.2. The quantitative estimate of drug-likeness (QED) is 0.837. The molecule has 0 unspecified atom stereocenters. The van der Waals surface area contributed by atoms with Gasteiger partial charge in [0.25, 0.3) is 0 Å². The Labute approximate surface area is 159 Å². The largest absolute Gasteiger partial charge is 0.356 e. The van der Waals surface area contributed by atoms with E-state index >= 15 is 0 Å². The molecule has 0 saturated carbocycles. The van der Waals surface area contributed by atoms with Crippen molar-refractivity contribution in [3.05, 3.63) is 42.9 Å². The lowest BCUT2D eigenvalue weighted by Crippen LogP contribution is -2.45. The van der Waals surface area contributed by atoms with Gasteiger partial charge in [-0.3, -0.25) is 4.79 Å². The molecule has 1 amide bonds. The van der Waals surface area contributed by atoms with Crippen LogP contribution in [-0.4, -0.2) is 54.8 Å². The van der Waals surface area contributed by atoms with E-state index < -0.39 is 10.0 Å². The Morgan fingerprint density at radius 2 is 1.85 bits per heavy atom. The third kappa shape index (κ3) is 4.42. The molecule has 144 valence electrons. The number of carbonyl (C=O) groups excluding carboxylic acids is 1. The fourth-order valence-corrected chi connectivity index (χ4v) is 4.68. The number of piperidine rings is 1. The lowest BCUT2D eigenvalue weighted by atomic mass is 10.1. The van der Waals surface area contributed by atoms with Crippen molar-refractivity contribution in [3.63, 3.8) is 0 Å². The number of rotatable bonds is 5. The normalized spacial score (nSPS) is 16.1. The Balaban J connectivity index is 1.65. The Morgan fingerprint density at radius 1 is 1.19 bits per heavy atom. The van der Waals surface area contributed by atoms with Gasteiger partial charge in [0.05, 0.1) is 4.90 Å². The van der Waals surface area contributed by atoms with Gasteiger partial charge in [-0.05, 0) is 43.2 Å². The van der Waals surface area contributed by atoms with E-state index in [-0.39, 0.29) is 16.8 Å². The molecule has 1 aromatic heterocycles. The van der Waals surface area contributed by atoms with Gasteiger partial charge >= 0.3 is 0 Å². The van der Waals surface area contributed by atoms with Crippen molar-refractivity contribution in [2.75, 3.05) is 30.4 Å². The van der Waals surface area contributed by atoms with E-state index in [1.807, 2.05) is 13.1 Å². The second kappa shape index (κ2) is 8.01. The molecule has 3 rings (SSSR count). The van der Waals surface area contributed by atoms with E-state index in [1.165, 1.54) is 29.7 Å². The molecule has 0 spiro atoms. The lowest BCUT2D eigenvalue weighted by molar-refractivity contribution is -0.114. The smallest absolute Gasteiger partial charge is 0.243 e. The zero-order valence-corrected chi connectivity index (χ0v) is 16.2. The van der Waals surface area contributed by atoms with Crippen LogP contribution in [0.5, 0.6) is 0 Å². The van der Waals surface area contributed by atoms with Crippen LogP contribution in [0.2, 0.25) is 0 Å². The van der Waals surface area contributed by atoms with Crippen molar-refractivity contribution >= 4 is 27.4 Å². The highest BCUT2D eigenvalue weighted by molar-refractivity contribution is 7.89. The number of hydrogen-bond donors (Lipinski definition) is 1. The van der Waals surface area contributed by atoms with Crippen LogP contribution < -0.4 is 10.2 Å². The minimum absolute atomic E-state index is 0.194. The van der Waals surface area contributed by atoms with Crippen LogP contribution in [0.25, 0.3) is 0 Å². The second-order valence-corrected chi connectivity index (χ2v) is 8.46. The predicted octanol–water partition coefficient (Wildman–Crippen LogP) is 1.72. The topological polar surface area (TPSA) is 95.5 Å². The molecule has 1 aliphatic heterocycles. The molecular formula is C18H23N5O3S. The van der Waals surface area contributed by atoms with Crippen molar-refractivity contribution in [2.45, 2.75) is 30.7 Å². The van der Waals surface area contributed by atoms with Gasteiger partial charge in [0.2, 0.25) is 15.9 Å². The fraction of sp³-hybridized carbons (Fsp3) is 0.389. The third-order valence-electron chi connectivity index (χ3n) is 4.71. The average Bonchev–Trinajstić information content (AvgIpc) is 2.68. The van der Waals surface area contributed by atoms with Crippen molar-refractivity contribution < 1.29 is 13.2 Å². The summed E-state index contributed by atoms with van der Waals surface area (Å²) in [5, 5.41) is 2.63. The molecule has 1 fully saturated rings. The van der Waals surface area contributed by atoms with Crippen LogP contribution >= 0.6 is 0 Å². The van der Waals surface area contributed by atoms with Crippen LogP contribution in [0.4, 0.5) is 11.5 Å². The van der Waals surface area contributed by atoms with Gasteiger partial charge in [-0.15, -0.1) is 0 Å². The molecule has 0 aliphatic carbocycles. The molecule has 8 nitrogen and oxygen atoms in total. The van der Waals surface area contributed by atoms with Crippen molar-refractivity contribution in [2.24, 2.45) is 0 Å². The number of amides is 1. The van der Waals surface area contributed by atoms with Gasteiger partial charge in [0, 0.05) is 45.0 Å². The highest BCUT2D eigenvalue weighted by Crippen LogP contribution is 2.25. The second-order valence-electron chi connectivity index (χ2n) is 6.52. The fourth-order valence-electron chi connectivity index (χ4n) is 3.21. The number of sulfonamides is 1. The van der Waals surface area contributed by atoms with Gasteiger partial charge in [-0.25, -0.2) is 18.4 Å². The standard InChI is InChI=1S/C18H23N5O3S/c1-14(24)21-15-3-5-17(6-4-15)27(25,26)23-11-8-16(9-12-23)22(2)18-7-10-19-13-20-18/h3-7,10,13,16H,8-9,11-12H2,1-2H3,(H,21,24). The molecule has 1 aromatic carbocycles. The number of nitrogens with one attached hydrogen (secondary N) is 1. The summed E-state index contributed by atoms with van der Waals surface area (Å²) < 4.78 is 27.3. The van der Waals surface area contributed by atoms with Gasteiger partial charge < -0.3 is 10.2 Å². The summed E-state index contributed by atoms with van der Waals surface area (Å²) in [6.45, 7) is 2.32. The molecule has 0 atom stereocenters. The maximum atomic E-state index is 12.9. The third-order valence-corrected chi connectivity index (χ3v) is 6.62. The highest BCUT2D eigenvalue weighted by atomic mass is 32.2. The molecule has 27 heavy (non-hydrogen) atoms. The van der Waals surface area contributed by atoms with E-state index in [0.717, 1.165) is 18.7 Å². The minimum atomic E-state index is -3.54. The van der Waals surface area contributed by atoms with Crippen molar-refractivity contribution in [1.29, 1.82) is 0 Å². The van der Waals surface area contributed by atoms with Gasteiger partial charge in [0.15, 0.2) is 0 Å². The zero-order valence-electron chi connectivity index (χ0n) is 15.4. The predicted molar refractivity (Wildman–Crippen MR) is 103 cm³/mol. The number of nitrogens with zero attached hydrogens (tertiary/aromatic N) is 4. The summed E-state index contributed by atoms with van der Waals surface area (Å²) in [6, 6.07) is 8.33. The summed E-state index contributed by atoms with van der Waals surface area (Å²) in [6.07, 6.45) is 4.66. The number of hydrogen-bond acceptors (Lipinski definition) is 6. The SMILES string of the molecule is CC(=O)Nc1ccc(S(=O)(=O)N2CCC(N(C)c3ccncn3)CC2)cc1. The number of aromatic nitrogens is 2. The average molecular weight is 389 g/mol. The maximum absolute atomic E-state index is 12.9. The Kier molecular flexibility index (Phi) is 5.71. The molecule has 0 bridgehead atoms. The lowest BCUT2D eigenvalue weighted by Gasteiger charge is -2.36.